The van der Waals surface area contributed by atoms with Gasteiger partial charge in [-0.2, -0.15) is 13.2 Å². The molecule has 0 fully saturated rings. The summed E-state index contributed by atoms with van der Waals surface area (Å²) in [6.45, 7) is 0. The second-order valence-electron chi connectivity index (χ2n) is 3.73. The predicted octanol–water partition coefficient (Wildman–Crippen LogP) is 3.31. The first-order valence-corrected chi connectivity index (χ1v) is 6.08. The van der Waals surface area contributed by atoms with Crippen molar-refractivity contribution in [3.8, 4) is 0 Å². The van der Waals surface area contributed by atoms with Crippen LogP contribution in [0.1, 0.15) is 0 Å². The van der Waals surface area contributed by atoms with Crippen molar-refractivity contribution in [1.82, 2.24) is 0 Å². The summed E-state index contributed by atoms with van der Waals surface area (Å²) in [6, 6.07) is 9.75. The summed E-state index contributed by atoms with van der Waals surface area (Å²) in [5.41, 5.74) is 0.107. The van der Waals surface area contributed by atoms with Crippen molar-refractivity contribution in [2.75, 3.05) is 5.32 Å². The third-order valence-electron chi connectivity index (χ3n) is 2.51. The topological polar surface area (TPSA) is 55.1 Å². The van der Waals surface area contributed by atoms with Gasteiger partial charge in [-0.1, -0.05) is 24.3 Å². The van der Waals surface area contributed by atoms with E-state index in [0.29, 0.717) is 10.8 Å². The quantitative estimate of drug-likeness (QED) is 0.833. The Bertz CT molecular complexity index is 628. The fraction of sp³-hybridized carbons (Fsp3) is 0.0833. The lowest BCUT2D eigenvalue weighted by atomic mass is 10.1. The van der Waals surface area contributed by atoms with Crippen molar-refractivity contribution in [2.24, 2.45) is 5.14 Å². The number of rotatable bonds is 2. The number of carbonyl (C=O) groups is 1. The number of amides is 1. The van der Waals surface area contributed by atoms with Crippen LogP contribution in [0.25, 0.3) is 10.8 Å². The van der Waals surface area contributed by atoms with Gasteiger partial charge in [0.05, 0.1) is 0 Å². The molecule has 0 atom stereocenters. The van der Waals surface area contributed by atoms with Gasteiger partial charge in [0, 0.05) is 16.0 Å². The molecule has 0 saturated carbocycles. The molecule has 19 heavy (non-hydrogen) atoms. The Morgan fingerprint density at radius 3 is 2.37 bits per heavy atom. The fourth-order valence-corrected chi connectivity index (χ4v) is 2.15. The van der Waals surface area contributed by atoms with Crippen LogP contribution in [0.4, 0.5) is 18.9 Å². The Balaban J connectivity index is 2.48. The van der Waals surface area contributed by atoms with Crippen LogP contribution in [0, 0.1) is 0 Å². The lowest BCUT2D eigenvalue weighted by Gasteiger charge is -2.11. The Morgan fingerprint density at radius 1 is 1.11 bits per heavy atom. The second-order valence-corrected chi connectivity index (χ2v) is 4.40. The van der Waals surface area contributed by atoms with Crippen LogP contribution in [0.2, 0.25) is 0 Å². The van der Waals surface area contributed by atoms with Crippen LogP contribution >= 0.6 is 11.9 Å². The first-order chi connectivity index (χ1) is 8.93. The lowest BCUT2D eigenvalue weighted by Crippen LogP contribution is -2.29. The van der Waals surface area contributed by atoms with E-state index in [9.17, 15) is 18.0 Å². The van der Waals surface area contributed by atoms with Crippen LogP contribution in [0.15, 0.2) is 41.3 Å². The zero-order valence-electron chi connectivity index (χ0n) is 9.49. The van der Waals surface area contributed by atoms with E-state index in [1.165, 1.54) is 6.07 Å². The van der Waals surface area contributed by atoms with Crippen LogP contribution < -0.4 is 10.5 Å². The molecule has 0 bridgehead atoms. The third kappa shape index (κ3) is 2.82. The molecule has 3 N–H and O–H groups in total. The minimum absolute atomic E-state index is 0.107. The molecule has 0 aliphatic heterocycles. The summed E-state index contributed by atoms with van der Waals surface area (Å²) in [5.74, 6) is -1.99. The van der Waals surface area contributed by atoms with Gasteiger partial charge in [-0.25, -0.2) is 0 Å². The average Bonchev–Trinajstić information content (AvgIpc) is 2.37. The van der Waals surface area contributed by atoms with Gasteiger partial charge in [0.25, 0.3) is 0 Å². The number of halogens is 3. The smallest absolute Gasteiger partial charge is 0.318 e. The van der Waals surface area contributed by atoms with Crippen molar-refractivity contribution in [2.45, 2.75) is 11.1 Å². The molecule has 0 radical (unpaired) electrons. The van der Waals surface area contributed by atoms with Crippen molar-refractivity contribution in [3.63, 3.8) is 0 Å². The van der Waals surface area contributed by atoms with Gasteiger partial charge >= 0.3 is 12.1 Å². The Labute approximate surface area is 111 Å². The van der Waals surface area contributed by atoms with Gasteiger partial charge in [-0.15, -0.1) is 0 Å². The number of anilines is 1. The fourth-order valence-electron chi connectivity index (χ4n) is 1.69. The first kappa shape index (κ1) is 13.7. The highest BCUT2D eigenvalue weighted by Gasteiger charge is 2.38. The highest BCUT2D eigenvalue weighted by molar-refractivity contribution is 7.97. The zero-order chi connectivity index (χ0) is 14.0. The molecule has 7 heteroatoms. The molecule has 1 amide bonds. The standard InChI is InChI=1S/C12H9F3N2OS/c13-12(14,15)11(18)17-9-5-1-4-8-7(9)3-2-6-10(8)19-16/h1-6H,16H2,(H,17,18). The van der Waals surface area contributed by atoms with Gasteiger partial charge in [0.1, 0.15) is 0 Å². The molecule has 0 saturated heterocycles. The molecule has 2 rings (SSSR count). The second kappa shape index (κ2) is 5.10. The summed E-state index contributed by atoms with van der Waals surface area (Å²) in [7, 11) is 0. The summed E-state index contributed by atoms with van der Waals surface area (Å²) < 4.78 is 36.7. The molecule has 0 unspecified atom stereocenters. The van der Waals surface area contributed by atoms with E-state index in [2.05, 4.69) is 0 Å². The molecule has 0 heterocycles. The largest absolute Gasteiger partial charge is 0.471 e. The van der Waals surface area contributed by atoms with E-state index in [1.807, 2.05) is 5.32 Å². The molecule has 0 aliphatic carbocycles. The number of carbonyl (C=O) groups excluding carboxylic acids is 1. The van der Waals surface area contributed by atoms with Crippen LogP contribution in [0.3, 0.4) is 0 Å². The average molecular weight is 286 g/mol. The number of benzene rings is 2. The van der Waals surface area contributed by atoms with E-state index in [0.717, 1.165) is 16.8 Å². The maximum atomic E-state index is 12.2. The summed E-state index contributed by atoms with van der Waals surface area (Å²) in [4.78, 5) is 11.7. The molecule has 2 aromatic rings. The maximum absolute atomic E-state index is 12.2. The van der Waals surface area contributed by atoms with E-state index in [4.69, 9.17) is 5.14 Å². The predicted molar refractivity (Wildman–Crippen MR) is 68.7 cm³/mol. The number of hydrogen-bond acceptors (Lipinski definition) is 3. The first-order valence-electron chi connectivity index (χ1n) is 5.20. The van der Waals surface area contributed by atoms with Gasteiger partial charge < -0.3 is 5.32 Å². The number of fused-ring (bicyclic) bond motifs is 1. The number of alkyl halides is 3. The SMILES string of the molecule is NSc1cccc2c(NC(=O)C(F)(F)F)cccc12. The molecule has 0 aliphatic rings. The maximum Gasteiger partial charge on any atom is 0.471 e. The zero-order valence-corrected chi connectivity index (χ0v) is 10.3. The van der Waals surface area contributed by atoms with Gasteiger partial charge in [0.15, 0.2) is 0 Å². The van der Waals surface area contributed by atoms with E-state index >= 15 is 0 Å². The lowest BCUT2D eigenvalue weighted by molar-refractivity contribution is -0.167. The van der Waals surface area contributed by atoms with Gasteiger partial charge in [-0.05, 0) is 29.5 Å². The van der Waals surface area contributed by atoms with Crippen molar-refractivity contribution in [3.05, 3.63) is 36.4 Å². The van der Waals surface area contributed by atoms with Gasteiger partial charge in [0.2, 0.25) is 0 Å². The van der Waals surface area contributed by atoms with E-state index in [1.54, 1.807) is 30.3 Å². The molecule has 0 spiro atoms. The Hall–Kier alpha value is -1.73. The van der Waals surface area contributed by atoms with Crippen molar-refractivity contribution >= 4 is 34.3 Å². The minimum atomic E-state index is -4.91. The summed E-state index contributed by atoms with van der Waals surface area (Å²) >= 11 is 0.996. The van der Waals surface area contributed by atoms with E-state index in [-0.39, 0.29) is 5.69 Å². The molecular formula is C12H9F3N2OS. The summed E-state index contributed by atoms with van der Waals surface area (Å²) in [6.07, 6.45) is -4.91. The van der Waals surface area contributed by atoms with Crippen LogP contribution in [0.5, 0.6) is 0 Å². The molecule has 3 nitrogen and oxygen atoms in total. The van der Waals surface area contributed by atoms with E-state index < -0.39 is 12.1 Å². The van der Waals surface area contributed by atoms with Gasteiger partial charge in [-0.3, -0.25) is 9.93 Å². The number of nitrogens with one attached hydrogen (secondary N) is 1. The minimum Gasteiger partial charge on any atom is -0.318 e. The molecule has 0 aromatic heterocycles. The van der Waals surface area contributed by atoms with Crippen LogP contribution in [-0.2, 0) is 4.79 Å². The molecular weight excluding hydrogens is 277 g/mol. The number of hydrogen-bond donors (Lipinski definition) is 2. The highest BCUT2D eigenvalue weighted by Crippen LogP contribution is 2.30. The monoisotopic (exact) mass is 286 g/mol. The molecule has 100 valence electrons. The number of nitrogens with two attached hydrogens (primary N) is 1. The normalized spacial score (nSPS) is 11.6. The Morgan fingerprint density at radius 2 is 1.74 bits per heavy atom. The van der Waals surface area contributed by atoms with Crippen LogP contribution in [-0.4, -0.2) is 12.1 Å². The van der Waals surface area contributed by atoms with Crippen molar-refractivity contribution in [1.29, 1.82) is 0 Å². The van der Waals surface area contributed by atoms with Crippen molar-refractivity contribution < 1.29 is 18.0 Å². The highest BCUT2D eigenvalue weighted by atomic mass is 32.2. The molecule has 2 aromatic carbocycles. The third-order valence-corrected chi connectivity index (χ3v) is 3.12. The summed E-state index contributed by atoms with van der Waals surface area (Å²) in [5, 5.41) is 8.55. The Kier molecular flexibility index (Phi) is 3.68.